The summed E-state index contributed by atoms with van der Waals surface area (Å²) in [6.07, 6.45) is -0.510. The Labute approximate surface area is 250 Å². The minimum atomic E-state index is -0.794. The molecule has 0 radical (unpaired) electrons. The van der Waals surface area contributed by atoms with Crippen LogP contribution in [0.2, 0.25) is 0 Å². The number of rotatable bonds is 13. The maximum atomic E-state index is 11.2. The van der Waals surface area contributed by atoms with Crippen molar-refractivity contribution in [1.29, 1.82) is 0 Å². The Bertz CT molecular complexity index is 1230. The topological polar surface area (TPSA) is 60.0 Å². The molecule has 1 aliphatic heterocycles. The molecule has 4 atom stereocenters. The minimum absolute atomic E-state index is 0.0528. The molecule has 5 nitrogen and oxygen atoms in total. The standard InChI is InChI=1S/C37H43NO4/c1-28(24-40-2)25-41-26-29-18-20-30(21-19-29)36-31(22-38-23-35(36)39)27-42-37(32-12-6-3-7-13-32,33-14-8-4-9-15-33)34-16-10-5-11-17-34/h3-21,28,31,35-36,38-39H,22-27H2,1-2H3/t28?,31-,35-,36-/m0/s1. The van der Waals surface area contributed by atoms with E-state index in [2.05, 4.69) is 109 Å². The fourth-order valence-electron chi connectivity index (χ4n) is 6.19. The number of methoxy groups -OCH3 is 1. The number of piperidine rings is 1. The van der Waals surface area contributed by atoms with E-state index in [1.807, 2.05) is 18.2 Å². The molecule has 1 aliphatic rings. The zero-order valence-corrected chi connectivity index (χ0v) is 24.7. The summed E-state index contributed by atoms with van der Waals surface area (Å²) >= 11 is 0. The molecule has 0 aliphatic carbocycles. The lowest BCUT2D eigenvalue weighted by Crippen LogP contribution is -2.48. The number of ether oxygens (including phenoxy) is 3. The first kappa shape index (κ1) is 30.1. The lowest BCUT2D eigenvalue weighted by Gasteiger charge is -2.41. The average molecular weight is 566 g/mol. The first-order valence-electron chi connectivity index (χ1n) is 15.0. The van der Waals surface area contributed by atoms with Gasteiger partial charge < -0.3 is 24.6 Å². The van der Waals surface area contributed by atoms with E-state index < -0.39 is 11.7 Å². The van der Waals surface area contributed by atoms with Gasteiger partial charge in [-0.25, -0.2) is 0 Å². The molecule has 1 fully saturated rings. The van der Waals surface area contributed by atoms with E-state index >= 15 is 0 Å². The fourth-order valence-corrected chi connectivity index (χ4v) is 6.19. The zero-order chi connectivity index (χ0) is 29.2. The number of benzene rings is 4. The molecule has 1 saturated heterocycles. The maximum absolute atomic E-state index is 11.2. The third-order valence-electron chi connectivity index (χ3n) is 8.22. The summed E-state index contributed by atoms with van der Waals surface area (Å²) in [5, 5.41) is 14.7. The lowest BCUT2D eigenvalue weighted by molar-refractivity contribution is -0.0322. The zero-order valence-electron chi connectivity index (χ0n) is 24.7. The first-order valence-corrected chi connectivity index (χ1v) is 15.0. The summed E-state index contributed by atoms with van der Waals surface area (Å²) in [5.74, 6) is 0.374. The molecule has 0 saturated carbocycles. The molecule has 0 amide bonds. The third-order valence-corrected chi connectivity index (χ3v) is 8.22. The summed E-state index contributed by atoms with van der Waals surface area (Å²) in [6, 6.07) is 39.9. The van der Waals surface area contributed by atoms with E-state index in [1.54, 1.807) is 7.11 Å². The second-order valence-electron chi connectivity index (χ2n) is 11.4. The van der Waals surface area contributed by atoms with Crippen molar-refractivity contribution in [3.63, 3.8) is 0 Å². The van der Waals surface area contributed by atoms with Gasteiger partial charge in [0.1, 0.15) is 5.60 Å². The Morgan fingerprint density at radius 2 is 1.31 bits per heavy atom. The van der Waals surface area contributed by atoms with Crippen molar-refractivity contribution in [1.82, 2.24) is 5.32 Å². The van der Waals surface area contributed by atoms with Gasteiger partial charge >= 0.3 is 0 Å². The summed E-state index contributed by atoms with van der Waals surface area (Å²) in [6.45, 7) is 5.82. The summed E-state index contributed by atoms with van der Waals surface area (Å²) in [7, 11) is 1.72. The van der Waals surface area contributed by atoms with Crippen molar-refractivity contribution in [2.75, 3.05) is 40.0 Å². The molecular formula is C37H43NO4. The van der Waals surface area contributed by atoms with Crippen LogP contribution in [0.15, 0.2) is 115 Å². The van der Waals surface area contributed by atoms with Crippen molar-refractivity contribution < 1.29 is 19.3 Å². The molecule has 1 heterocycles. The number of hydrogen-bond donors (Lipinski definition) is 2. The Morgan fingerprint density at radius 3 is 1.83 bits per heavy atom. The highest BCUT2D eigenvalue weighted by atomic mass is 16.5. The Hall–Kier alpha value is -3.32. The molecule has 5 heteroatoms. The molecule has 42 heavy (non-hydrogen) atoms. The van der Waals surface area contributed by atoms with Gasteiger partial charge in [-0.1, -0.05) is 122 Å². The number of nitrogens with one attached hydrogen (secondary N) is 1. The van der Waals surface area contributed by atoms with Crippen LogP contribution in [-0.4, -0.2) is 51.2 Å². The van der Waals surface area contributed by atoms with Gasteiger partial charge in [-0.3, -0.25) is 0 Å². The number of hydrogen-bond acceptors (Lipinski definition) is 5. The molecule has 0 spiro atoms. The Morgan fingerprint density at radius 1 is 0.762 bits per heavy atom. The van der Waals surface area contributed by atoms with Gasteiger partial charge in [0.2, 0.25) is 0 Å². The largest absolute Gasteiger partial charge is 0.391 e. The molecule has 220 valence electrons. The van der Waals surface area contributed by atoms with E-state index in [4.69, 9.17) is 14.2 Å². The van der Waals surface area contributed by atoms with Gasteiger partial charge in [-0.2, -0.15) is 0 Å². The quantitative estimate of drug-likeness (QED) is 0.190. The van der Waals surface area contributed by atoms with E-state index in [0.717, 1.165) is 34.4 Å². The average Bonchev–Trinajstić information content (AvgIpc) is 3.04. The smallest absolute Gasteiger partial charge is 0.143 e. The molecule has 2 N–H and O–H groups in total. The summed E-state index contributed by atoms with van der Waals surface area (Å²) in [4.78, 5) is 0. The summed E-state index contributed by atoms with van der Waals surface area (Å²) < 4.78 is 18.3. The van der Waals surface area contributed by atoms with Gasteiger partial charge in [0.25, 0.3) is 0 Å². The normalized spacial score (nSPS) is 19.8. The van der Waals surface area contributed by atoms with Gasteiger partial charge in [0, 0.05) is 38.0 Å². The Balaban J connectivity index is 1.40. The van der Waals surface area contributed by atoms with E-state index in [-0.39, 0.29) is 11.8 Å². The van der Waals surface area contributed by atoms with Crippen LogP contribution in [-0.2, 0) is 26.4 Å². The van der Waals surface area contributed by atoms with Crippen molar-refractivity contribution in [3.8, 4) is 0 Å². The molecule has 5 rings (SSSR count). The van der Waals surface area contributed by atoms with Crippen molar-refractivity contribution in [3.05, 3.63) is 143 Å². The van der Waals surface area contributed by atoms with Crippen molar-refractivity contribution in [2.24, 2.45) is 11.8 Å². The van der Waals surface area contributed by atoms with E-state index in [9.17, 15) is 5.11 Å². The second-order valence-corrected chi connectivity index (χ2v) is 11.4. The van der Waals surface area contributed by atoms with Crippen LogP contribution in [0.4, 0.5) is 0 Å². The van der Waals surface area contributed by atoms with Crippen LogP contribution in [0.3, 0.4) is 0 Å². The first-order chi connectivity index (χ1) is 20.6. The number of aliphatic hydroxyl groups is 1. The Kier molecular flexibility index (Phi) is 10.6. The van der Waals surface area contributed by atoms with Gasteiger partial charge in [-0.15, -0.1) is 0 Å². The SMILES string of the molecule is COCC(C)COCc1ccc([C@H]2[C@H](COC(c3ccccc3)(c3ccccc3)c3ccccc3)CNC[C@@H]2O)cc1. The van der Waals surface area contributed by atoms with Gasteiger partial charge in [-0.05, 0) is 27.8 Å². The number of aliphatic hydroxyl groups excluding tert-OH is 1. The van der Waals surface area contributed by atoms with Crippen molar-refractivity contribution >= 4 is 0 Å². The summed E-state index contributed by atoms with van der Waals surface area (Å²) in [5.41, 5.74) is 4.68. The van der Waals surface area contributed by atoms with Crippen LogP contribution < -0.4 is 5.32 Å². The van der Waals surface area contributed by atoms with E-state index in [1.165, 1.54) is 0 Å². The second kappa shape index (κ2) is 14.7. The number of β-amino-alcohol motifs (C(OH)–C–C–N with tert-alkyl or cyclic N) is 1. The highest BCUT2D eigenvalue weighted by molar-refractivity contribution is 5.47. The van der Waals surface area contributed by atoms with Crippen molar-refractivity contribution in [2.45, 2.75) is 31.2 Å². The van der Waals surface area contributed by atoms with Crippen LogP contribution in [0.1, 0.15) is 40.7 Å². The molecule has 0 aromatic heterocycles. The molecular weight excluding hydrogens is 522 g/mol. The minimum Gasteiger partial charge on any atom is -0.391 e. The predicted octanol–water partition coefficient (Wildman–Crippen LogP) is 6.16. The lowest BCUT2D eigenvalue weighted by atomic mass is 9.78. The third kappa shape index (κ3) is 7.00. The van der Waals surface area contributed by atoms with Gasteiger partial charge in [0.15, 0.2) is 0 Å². The van der Waals surface area contributed by atoms with Crippen LogP contribution >= 0.6 is 0 Å². The predicted molar refractivity (Wildman–Crippen MR) is 167 cm³/mol. The molecule has 4 aromatic rings. The maximum Gasteiger partial charge on any atom is 0.143 e. The molecule has 4 aromatic carbocycles. The highest BCUT2D eigenvalue weighted by Gasteiger charge is 2.40. The highest BCUT2D eigenvalue weighted by Crippen LogP contribution is 2.42. The molecule has 1 unspecified atom stereocenters. The monoisotopic (exact) mass is 565 g/mol. The van der Waals surface area contributed by atoms with Crippen LogP contribution in [0.25, 0.3) is 0 Å². The van der Waals surface area contributed by atoms with E-state index in [0.29, 0.717) is 38.9 Å². The van der Waals surface area contributed by atoms with Crippen LogP contribution in [0, 0.1) is 11.8 Å². The van der Waals surface area contributed by atoms with Gasteiger partial charge in [0.05, 0.1) is 32.5 Å². The molecule has 0 bridgehead atoms. The van der Waals surface area contributed by atoms with Crippen LogP contribution in [0.5, 0.6) is 0 Å². The fraction of sp³-hybridized carbons (Fsp3) is 0.351.